The summed E-state index contributed by atoms with van der Waals surface area (Å²) in [6.45, 7) is 2.35. The number of benzene rings is 2. The minimum atomic E-state index is 0. The molecule has 0 aliphatic heterocycles. The van der Waals surface area contributed by atoms with Crippen LogP contribution in [0.4, 0.5) is 0 Å². The SMILES string of the molecule is CNC(C)Cc1noc(COc2ccccc2Cc2ccccc2)n1.Cl. The van der Waals surface area contributed by atoms with E-state index in [0.717, 1.165) is 24.2 Å². The fraction of sp³-hybridized carbons (Fsp3) is 0.300. The number of hydrogen-bond donors (Lipinski definition) is 1. The Morgan fingerprint density at radius 1 is 1.08 bits per heavy atom. The lowest BCUT2D eigenvalue weighted by Gasteiger charge is -2.10. The molecule has 1 heterocycles. The van der Waals surface area contributed by atoms with E-state index in [9.17, 15) is 0 Å². The zero-order valence-corrected chi connectivity index (χ0v) is 15.8. The molecule has 0 aliphatic carbocycles. The highest BCUT2D eigenvalue weighted by Gasteiger charge is 2.11. The summed E-state index contributed by atoms with van der Waals surface area (Å²) >= 11 is 0. The number of nitrogens with zero attached hydrogens (tertiary/aromatic N) is 2. The number of ether oxygens (including phenoxy) is 1. The molecule has 1 unspecified atom stereocenters. The number of para-hydroxylation sites is 1. The monoisotopic (exact) mass is 373 g/mol. The van der Waals surface area contributed by atoms with Gasteiger partial charge in [0.1, 0.15) is 5.75 Å². The molecule has 0 radical (unpaired) electrons. The van der Waals surface area contributed by atoms with E-state index in [4.69, 9.17) is 9.26 Å². The standard InChI is InChI=1S/C20H23N3O2.ClH/c1-15(21-2)12-19-22-20(25-23-19)14-24-18-11-7-6-10-17(18)13-16-8-4-3-5-9-16;/h3-11,15,21H,12-14H2,1-2H3;1H. The fourth-order valence-corrected chi connectivity index (χ4v) is 2.55. The summed E-state index contributed by atoms with van der Waals surface area (Å²) < 4.78 is 11.2. The van der Waals surface area contributed by atoms with Crippen molar-refractivity contribution in [3.05, 3.63) is 77.4 Å². The van der Waals surface area contributed by atoms with Gasteiger partial charge in [0, 0.05) is 18.9 Å². The van der Waals surface area contributed by atoms with Crippen molar-refractivity contribution in [1.82, 2.24) is 15.5 Å². The smallest absolute Gasteiger partial charge is 0.264 e. The van der Waals surface area contributed by atoms with Crippen LogP contribution in [-0.4, -0.2) is 23.2 Å². The van der Waals surface area contributed by atoms with Gasteiger partial charge in [0.15, 0.2) is 12.4 Å². The minimum Gasteiger partial charge on any atom is -0.483 e. The van der Waals surface area contributed by atoms with Crippen molar-refractivity contribution in [2.75, 3.05) is 7.05 Å². The number of halogens is 1. The maximum Gasteiger partial charge on any atom is 0.264 e. The highest BCUT2D eigenvalue weighted by atomic mass is 35.5. The summed E-state index contributed by atoms with van der Waals surface area (Å²) in [5, 5.41) is 7.16. The molecule has 5 nitrogen and oxygen atoms in total. The molecular formula is C20H24ClN3O2. The molecule has 3 rings (SSSR count). The molecule has 1 atom stereocenters. The van der Waals surface area contributed by atoms with Crippen LogP contribution < -0.4 is 10.1 Å². The summed E-state index contributed by atoms with van der Waals surface area (Å²) in [7, 11) is 1.92. The zero-order valence-electron chi connectivity index (χ0n) is 15.0. The lowest BCUT2D eigenvalue weighted by Crippen LogP contribution is -2.24. The molecule has 0 fully saturated rings. The van der Waals surface area contributed by atoms with Crippen molar-refractivity contribution < 1.29 is 9.26 Å². The molecule has 26 heavy (non-hydrogen) atoms. The Morgan fingerprint density at radius 3 is 2.58 bits per heavy atom. The highest BCUT2D eigenvalue weighted by molar-refractivity contribution is 5.85. The van der Waals surface area contributed by atoms with Gasteiger partial charge in [0.2, 0.25) is 0 Å². The summed E-state index contributed by atoms with van der Waals surface area (Å²) in [5.41, 5.74) is 2.39. The second kappa shape index (κ2) is 9.94. The van der Waals surface area contributed by atoms with Gasteiger partial charge in [0.05, 0.1) is 0 Å². The van der Waals surface area contributed by atoms with Gasteiger partial charge in [-0.15, -0.1) is 12.4 Å². The fourth-order valence-electron chi connectivity index (χ4n) is 2.55. The van der Waals surface area contributed by atoms with E-state index in [2.05, 4.69) is 40.6 Å². The molecule has 0 amide bonds. The van der Waals surface area contributed by atoms with Crippen LogP contribution in [0.5, 0.6) is 5.75 Å². The van der Waals surface area contributed by atoms with Crippen molar-refractivity contribution in [2.45, 2.75) is 32.4 Å². The first-order valence-electron chi connectivity index (χ1n) is 8.48. The molecule has 1 aromatic heterocycles. The van der Waals surface area contributed by atoms with Gasteiger partial charge in [0.25, 0.3) is 5.89 Å². The largest absolute Gasteiger partial charge is 0.483 e. The average Bonchev–Trinajstić information content (AvgIpc) is 3.09. The Hall–Kier alpha value is -2.37. The van der Waals surface area contributed by atoms with Gasteiger partial charge in [-0.25, -0.2) is 0 Å². The zero-order chi connectivity index (χ0) is 17.5. The second-order valence-electron chi connectivity index (χ2n) is 6.06. The van der Waals surface area contributed by atoms with E-state index in [-0.39, 0.29) is 19.0 Å². The van der Waals surface area contributed by atoms with E-state index >= 15 is 0 Å². The van der Waals surface area contributed by atoms with Crippen molar-refractivity contribution in [3.63, 3.8) is 0 Å². The summed E-state index contributed by atoms with van der Waals surface area (Å²) in [6, 6.07) is 18.7. The highest BCUT2D eigenvalue weighted by Crippen LogP contribution is 2.22. The van der Waals surface area contributed by atoms with Crippen molar-refractivity contribution >= 4 is 12.4 Å². The van der Waals surface area contributed by atoms with E-state index in [1.54, 1.807) is 0 Å². The predicted molar refractivity (Wildman–Crippen MR) is 104 cm³/mol. The van der Waals surface area contributed by atoms with Gasteiger partial charge >= 0.3 is 0 Å². The van der Waals surface area contributed by atoms with E-state index in [1.165, 1.54) is 5.56 Å². The number of rotatable bonds is 8. The summed E-state index contributed by atoms with van der Waals surface area (Å²) in [5.74, 6) is 2.03. The van der Waals surface area contributed by atoms with E-state index in [1.807, 2.05) is 43.4 Å². The van der Waals surface area contributed by atoms with Crippen LogP contribution in [-0.2, 0) is 19.4 Å². The van der Waals surface area contributed by atoms with Crippen LogP contribution >= 0.6 is 12.4 Å². The van der Waals surface area contributed by atoms with E-state index < -0.39 is 0 Å². The average molecular weight is 374 g/mol. The first-order valence-corrected chi connectivity index (χ1v) is 8.48. The molecule has 6 heteroatoms. The second-order valence-corrected chi connectivity index (χ2v) is 6.06. The van der Waals surface area contributed by atoms with Crippen molar-refractivity contribution in [2.24, 2.45) is 0 Å². The van der Waals surface area contributed by atoms with Crippen LogP contribution in [0, 0.1) is 0 Å². The predicted octanol–water partition coefficient (Wildman–Crippen LogP) is 3.81. The Kier molecular flexibility index (Phi) is 7.63. The van der Waals surface area contributed by atoms with Gasteiger partial charge < -0.3 is 14.6 Å². The van der Waals surface area contributed by atoms with Crippen molar-refractivity contribution in [3.8, 4) is 5.75 Å². The Balaban J connectivity index is 0.00000243. The summed E-state index contributed by atoms with van der Waals surface area (Å²) in [6.07, 6.45) is 1.55. The molecule has 138 valence electrons. The van der Waals surface area contributed by atoms with Crippen LogP contribution in [0.15, 0.2) is 59.1 Å². The maximum atomic E-state index is 5.93. The third kappa shape index (κ3) is 5.58. The molecule has 0 aliphatic rings. The van der Waals surface area contributed by atoms with Gasteiger partial charge in [-0.05, 0) is 31.2 Å². The molecule has 0 bridgehead atoms. The number of hydrogen-bond acceptors (Lipinski definition) is 5. The van der Waals surface area contributed by atoms with Gasteiger partial charge in [-0.2, -0.15) is 4.98 Å². The number of nitrogens with one attached hydrogen (secondary N) is 1. The Morgan fingerprint density at radius 2 is 1.81 bits per heavy atom. The van der Waals surface area contributed by atoms with Gasteiger partial charge in [-0.1, -0.05) is 53.7 Å². The molecule has 0 spiro atoms. The lowest BCUT2D eigenvalue weighted by molar-refractivity contribution is 0.241. The Bertz CT molecular complexity index is 793. The molecular weight excluding hydrogens is 350 g/mol. The first-order chi connectivity index (χ1) is 12.2. The molecule has 3 aromatic rings. The number of likely N-dealkylation sites (N-methyl/N-ethyl adjacent to an activating group) is 1. The van der Waals surface area contributed by atoms with Crippen molar-refractivity contribution in [1.29, 1.82) is 0 Å². The van der Waals surface area contributed by atoms with Crippen LogP contribution in [0.1, 0.15) is 29.8 Å². The first kappa shape index (κ1) is 19.9. The van der Waals surface area contributed by atoms with Crippen LogP contribution in [0.25, 0.3) is 0 Å². The molecule has 1 N–H and O–H groups in total. The third-order valence-electron chi connectivity index (χ3n) is 4.05. The lowest BCUT2D eigenvalue weighted by atomic mass is 10.0. The quantitative estimate of drug-likeness (QED) is 0.650. The van der Waals surface area contributed by atoms with Gasteiger partial charge in [-0.3, -0.25) is 0 Å². The normalized spacial score (nSPS) is 11.6. The third-order valence-corrected chi connectivity index (χ3v) is 4.05. The Labute approximate surface area is 160 Å². The topological polar surface area (TPSA) is 60.2 Å². The van der Waals surface area contributed by atoms with Crippen LogP contribution in [0.3, 0.4) is 0 Å². The minimum absolute atomic E-state index is 0. The number of aromatic nitrogens is 2. The maximum absolute atomic E-state index is 5.93. The van der Waals surface area contributed by atoms with E-state index in [0.29, 0.717) is 17.8 Å². The molecule has 0 saturated heterocycles. The molecule has 2 aromatic carbocycles. The summed E-state index contributed by atoms with van der Waals surface area (Å²) in [4.78, 5) is 4.38. The molecule has 0 saturated carbocycles. The van der Waals surface area contributed by atoms with Crippen LogP contribution in [0.2, 0.25) is 0 Å².